The number of nitrogens with zero attached hydrogens (tertiary/aromatic N) is 5. The first-order chi connectivity index (χ1) is 13.4. The molecule has 0 saturated carbocycles. The van der Waals surface area contributed by atoms with Crippen LogP contribution in [0, 0.1) is 0 Å². The van der Waals surface area contributed by atoms with Gasteiger partial charge >= 0.3 is 0 Å². The molecule has 0 bridgehead atoms. The summed E-state index contributed by atoms with van der Waals surface area (Å²) >= 11 is 0. The zero-order valence-corrected chi connectivity index (χ0v) is 19.3. The van der Waals surface area contributed by atoms with Gasteiger partial charge < -0.3 is 15.5 Å². The van der Waals surface area contributed by atoms with Crippen molar-refractivity contribution in [3.63, 3.8) is 0 Å². The van der Waals surface area contributed by atoms with Crippen LogP contribution in [-0.2, 0) is 6.54 Å². The number of pyridine rings is 1. The summed E-state index contributed by atoms with van der Waals surface area (Å²) in [5.74, 6) is 1.70. The topological polar surface area (TPSA) is 69.8 Å². The quantitative estimate of drug-likeness (QED) is 0.240. The van der Waals surface area contributed by atoms with Crippen molar-refractivity contribution in [2.75, 3.05) is 32.7 Å². The van der Waals surface area contributed by atoms with Gasteiger partial charge in [-0.25, -0.2) is 4.99 Å². The van der Waals surface area contributed by atoms with Crippen molar-refractivity contribution in [1.29, 1.82) is 0 Å². The summed E-state index contributed by atoms with van der Waals surface area (Å²) in [7, 11) is 0. The number of hydrogen-bond donors (Lipinski definition) is 2. The molecule has 0 aliphatic carbocycles. The number of halogens is 1. The minimum Gasteiger partial charge on any atom is -0.357 e. The summed E-state index contributed by atoms with van der Waals surface area (Å²) < 4.78 is 1.98. The molecule has 2 aromatic heterocycles. The van der Waals surface area contributed by atoms with Crippen molar-refractivity contribution < 1.29 is 0 Å². The van der Waals surface area contributed by atoms with Crippen molar-refractivity contribution in [2.24, 2.45) is 4.99 Å². The first-order valence-electron chi connectivity index (χ1n) is 10.4. The zero-order chi connectivity index (χ0) is 18.7. The average molecular weight is 499 g/mol. The number of nitrogens with one attached hydrogen (secondary N) is 2. The fourth-order valence-electron chi connectivity index (χ4n) is 3.52. The van der Waals surface area contributed by atoms with Crippen LogP contribution in [-0.4, -0.2) is 58.2 Å². The van der Waals surface area contributed by atoms with Gasteiger partial charge in [0.2, 0.25) is 0 Å². The number of piperidine rings is 1. The Morgan fingerprint density at radius 2 is 1.93 bits per heavy atom. The van der Waals surface area contributed by atoms with Crippen LogP contribution >= 0.6 is 24.0 Å². The third-order valence-corrected chi connectivity index (χ3v) is 5.00. The summed E-state index contributed by atoms with van der Waals surface area (Å²) in [5, 5.41) is 15.2. The number of aromatic nitrogens is 3. The number of guanidine groups is 1. The molecule has 1 aliphatic rings. The normalized spacial score (nSPS) is 15.4. The minimum absolute atomic E-state index is 0. The summed E-state index contributed by atoms with van der Waals surface area (Å²) in [6.45, 7) is 8.25. The summed E-state index contributed by atoms with van der Waals surface area (Å²) in [6.07, 6.45) is 9.88. The maximum atomic E-state index is 4.66. The van der Waals surface area contributed by atoms with Gasteiger partial charge in [0.05, 0.1) is 0 Å². The van der Waals surface area contributed by atoms with E-state index in [4.69, 9.17) is 0 Å². The van der Waals surface area contributed by atoms with Crippen molar-refractivity contribution in [2.45, 2.75) is 52.0 Å². The molecule has 1 aliphatic heterocycles. The molecule has 28 heavy (non-hydrogen) atoms. The number of rotatable bonds is 9. The first-order valence-corrected chi connectivity index (χ1v) is 10.4. The lowest BCUT2D eigenvalue weighted by Crippen LogP contribution is -2.37. The smallest absolute Gasteiger partial charge is 0.191 e. The SMILES string of the molecule is CCNC(=NCc1nnc2ccccn12)NCCCCCN1CCCCC1.I. The molecular weight excluding hydrogens is 465 g/mol. The van der Waals surface area contributed by atoms with Gasteiger partial charge in [-0.15, -0.1) is 34.2 Å². The number of fused-ring (bicyclic) bond motifs is 1. The first kappa shape index (κ1) is 22.9. The van der Waals surface area contributed by atoms with Crippen LogP contribution in [0.15, 0.2) is 29.4 Å². The van der Waals surface area contributed by atoms with Crippen LogP contribution in [0.4, 0.5) is 0 Å². The molecule has 2 aromatic rings. The Hall–Kier alpha value is -1.42. The molecular formula is C20H34IN7. The number of hydrogen-bond acceptors (Lipinski definition) is 4. The Balaban J connectivity index is 0.00000280. The number of unbranched alkanes of at least 4 members (excludes halogenated alkanes) is 2. The van der Waals surface area contributed by atoms with Gasteiger partial charge in [-0.05, 0) is 64.4 Å². The molecule has 2 N–H and O–H groups in total. The second-order valence-electron chi connectivity index (χ2n) is 7.13. The highest BCUT2D eigenvalue weighted by molar-refractivity contribution is 14.0. The molecule has 156 valence electrons. The van der Waals surface area contributed by atoms with E-state index in [0.717, 1.165) is 30.5 Å². The third kappa shape index (κ3) is 7.20. The minimum atomic E-state index is 0. The Morgan fingerprint density at radius 1 is 1.07 bits per heavy atom. The molecule has 1 fully saturated rings. The Kier molecular flexibility index (Phi) is 10.6. The van der Waals surface area contributed by atoms with Crippen LogP contribution in [0.5, 0.6) is 0 Å². The molecule has 0 amide bonds. The molecule has 0 radical (unpaired) electrons. The van der Waals surface area contributed by atoms with E-state index in [9.17, 15) is 0 Å². The lowest BCUT2D eigenvalue weighted by Gasteiger charge is -2.26. The van der Waals surface area contributed by atoms with Crippen LogP contribution in [0.3, 0.4) is 0 Å². The van der Waals surface area contributed by atoms with Crippen LogP contribution in [0.25, 0.3) is 5.65 Å². The standard InChI is InChI=1S/C20H33N7.HI/c1-2-21-20(22-12-6-3-7-13-26-14-8-4-9-15-26)23-17-19-25-24-18-11-5-10-16-27(18)19;/h5,10-11,16H,2-4,6-9,12-15,17H2,1H3,(H2,21,22,23);1H. The lowest BCUT2D eigenvalue weighted by atomic mass is 10.1. The van der Waals surface area contributed by atoms with Gasteiger partial charge in [0.25, 0.3) is 0 Å². The van der Waals surface area contributed by atoms with E-state index in [1.165, 1.54) is 58.2 Å². The van der Waals surface area contributed by atoms with E-state index < -0.39 is 0 Å². The van der Waals surface area contributed by atoms with Gasteiger partial charge in [0.1, 0.15) is 6.54 Å². The predicted molar refractivity (Wildman–Crippen MR) is 125 cm³/mol. The molecule has 1 saturated heterocycles. The van der Waals surface area contributed by atoms with E-state index >= 15 is 0 Å². The third-order valence-electron chi connectivity index (χ3n) is 5.00. The van der Waals surface area contributed by atoms with E-state index in [1.54, 1.807) is 0 Å². The van der Waals surface area contributed by atoms with E-state index in [0.29, 0.717) is 6.54 Å². The number of aliphatic imine (C=N–C) groups is 1. The molecule has 0 unspecified atom stereocenters. The fraction of sp³-hybridized carbons (Fsp3) is 0.650. The molecule has 0 atom stereocenters. The molecule has 0 aromatic carbocycles. The highest BCUT2D eigenvalue weighted by atomic mass is 127. The predicted octanol–water partition coefficient (Wildman–Crippen LogP) is 3.06. The lowest BCUT2D eigenvalue weighted by molar-refractivity contribution is 0.224. The van der Waals surface area contributed by atoms with Gasteiger partial charge in [-0.2, -0.15) is 0 Å². The Morgan fingerprint density at radius 3 is 2.75 bits per heavy atom. The second-order valence-corrected chi connectivity index (χ2v) is 7.13. The van der Waals surface area contributed by atoms with Gasteiger partial charge in [-0.3, -0.25) is 4.40 Å². The maximum Gasteiger partial charge on any atom is 0.191 e. The Labute approximate surface area is 185 Å². The molecule has 3 heterocycles. The summed E-state index contributed by atoms with van der Waals surface area (Å²) in [5.41, 5.74) is 0.856. The monoisotopic (exact) mass is 499 g/mol. The van der Waals surface area contributed by atoms with Crippen LogP contribution in [0.2, 0.25) is 0 Å². The van der Waals surface area contributed by atoms with Gasteiger partial charge in [0.15, 0.2) is 17.4 Å². The molecule has 7 nitrogen and oxygen atoms in total. The fourth-order valence-corrected chi connectivity index (χ4v) is 3.52. The molecule has 8 heteroatoms. The van der Waals surface area contributed by atoms with E-state index in [2.05, 4.69) is 37.6 Å². The highest BCUT2D eigenvalue weighted by Gasteiger charge is 2.09. The molecule has 0 spiro atoms. The molecule has 3 rings (SSSR count). The second kappa shape index (κ2) is 12.9. The van der Waals surface area contributed by atoms with E-state index in [1.807, 2.05) is 28.8 Å². The maximum absolute atomic E-state index is 4.66. The Bertz CT molecular complexity index is 709. The van der Waals surface area contributed by atoms with E-state index in [-0.39, 0.29) is 24.0 Å². The largest absolute Gasteiger partial charge is 0.357 e. The van der Waals surface area contributed by atoms with Crippen molar-refractivity contribution in [3.8, 4) is 0 Å². The van der Waals surface area contributed by atoms with Crippen LogP contribution < -0.4 is 10.6 Å². The van der Waals surface area contributed by atoms with Crippen molar-refractivity contribution >= 4 is 35.6 Å². The van der Waals surface area contributed by atoms with Gasteiger partial charge in [0, 0.05) is 19.3 Å². The summed E-state index contributed by atoms with van der Waals surface area (Å²) in [4.78, 5) is 7.28. The zero-order valence-electron chi connectivity index (χ0n) is 16.9. The summed E-state index contributed by atoms with van der Waals surface area (Å²) in [6, 6.07) is 5.90. The highest BCUT2D eigenvalue weighted by Crippen LogP contribution is 2.09. The van der Waals surface area contributed by atoms with Crippen molar-refractivity contribution in [3.05, 3.63) is 30.2 Å². The van der Waals surface area contributed by atoms with Crippen LogP contribution in [0.1, 0.15) is 51.3 Å². The average Bonchev–Trinajstić information content (AvgIpc) is 3.12. The number of likely N-dealkylation sites (tertiary alicyclic amines) is 1. The van der Waals surface area contributed by atoms with Crippen molar-refractivity contribution in [1.82, 2.24) is 30.1 Å². The van der Waals surface area contributed by atoms with Gasteiger partial charge in [-0.1, -0.05) is 18.9 Å².